The lowest BCUT2D eigenvalue weighted by molar-refractivity contribution is -0.130. The van der Waals surface area contributed by atoms with Crippen molar-refractivity contribution in [3.63, 3.8) is 0 Å². The Morgan fingerprint density at radius 3 is 2.67 bits per heavy atom. The van der Waals surface area contributed by atoms with E-state index in [1.807, 2.05) is 0 Å². The van der Waals surface area contributed by atoms with Crippen LogP contribution < -0.4 is 10.6 Å². The molecule has 5 nitrogen and oxygen atoms in total. The zero-order valence-corrected chi connectivity index (χ0v) is 8.58. The quantitative estimate of drug-likeness (QED) is 0.589. The van der Waals surface area contributed by atoms with Gasteiger partial charge in [-0.1, -0.05) is 0 Å². The molecule has 1 atom stereocenters. The predicted molar refractivity (Wildman–Crippen MR) is 53.2 cm³/mol. The molecule has 0 aromatic rings. The molecule has 15 heavy (non-hydrogen) atoms. The smallest absolute Gasteiger partial charge is 0.323 e. The average Bonchev–Trinajstić information content (AvgIpc) is 2.95. The molecular weight excluding hydrogens is 194 g/mol. The third-order valence-corrected chi connectivity index (χ3v) is 3.58. The van der Waals surface area contributed by atoms with E-state index in [1.165, 1.54) is 4.90 Å². The van der Waals surface area contributed by atoms with Crippen LogP contribution in [0.5, 0.6) is 0 Å². The largest absolute Gasteiger partial charge is 0.325 e. The van der Waals surface area contributed by atoms with Gasteiger partial charge in [-0.15, -0.1) is 0 Å². The minimum atomic E-state index is -0.492. The highest BCUT2D eigenvalue weighted by molar-refractivity contribution is 6.09. The molecule has 2 heterocycles. The lowest BCUT2D eigenvalue weighted by atomic mass is 10.1. The number of rotatable bonds is 1. The number of urea groups is 1. The van der Waals surface area contributed by atoms with E-state index in [0.29, 0.717) is 0 Å². The van der Waals surface area contributed by atoms with Gasteiger partial charge in [0.15, 0.2) is 0 Å². The number of carbonyl (C=O) groups excluding carboxylic acids is 2. The molecule has 5 heteroatoms. The zero-order chi connectivity index (χ0) is 10.5. The van der Waals surface area contributed by atoms with Crippen molar-refractivity contribution in [1.29, 1.82) is 0 Å². The molecule has 2 N–H and O–H groups in total. The Labute approximate surface area is 88.2 Å². The van der Waals surface area contributed by atoms with Crippen LogP contribution in [0, 0.1) is 0 Å². The van der Waals surface area contributed by atoms with E-state index < -0.39 is 5.54 Å². The van der Waals surface area contributed by atoms with Crippen molar-refractivity contribution in [2.24, 2.45) is 0 Å². The van der Waals surface area contributed by atoms with Gasteiger partial charge in [-0.2, -0.15) is 0 Å². The summed E-state index contributed by atoms with van der Waals surface area (Å²) < 4.78 is 0. The average molecular weight is 209 g/mol. The third kappa shape index (κ3) is 1.26. The molecule has 1 aliphatic carbocycles. The molecule has 3 rings (SSSR count). The number of imide groups is 1. The second-order valence-electron chi connectivity index (χ2n) is 4.69. The van der Waals surface area contributed by atoms with Crippen molar-refractivity contribution in [2.75, 3.05) is 13.1 Å². The number of hydrogen-bond donors (Lipinski definition) is 2. The Morgan fingerprint density at radius 2 is 2.13 bits per heavy atom. The Morgan fingerprint density at radius 1 is 1.33 bits per heavy atom. The summed E-state index contributed by atoms with van der Waals surface area (Å²) in [5, 5.41) is 6.04. The van der Waals surface area contributed by atoms with Crippen LogP contribution in [0.1, 0.15) is 25.7 Å². The summed E-state index contributed by atoms with van der Waals surface area (Å²) in [7, 11) is 0. The molecule has 3 fully saturated rings. The van der Waals surface area contributed by atoms with Gasteiger partial charge in [0.2, 0.25) is 0 Å². The number of nitrogens with one attached hydrogen (secondary N) is 2. The van der Waals surface area contributed by atoms with Crippen LogP contribution in [-0.2, 0) is 4.79 Å². The summed E-state index contributed by atoms with van der Waals surface area (Å²) in [6.07, 6.45) is 3.60. The number of piperidine rings is 1. The second kappa shape index (κ2) is 2.95. The fraction of sp³-hybridized carbons (Fsp3) is 0.800. The highest BCUT2D eigenvalue weighted by atomic mass is 16.2. The summed E-state index contributed by atoms with van der Waals surface area (Å²) in [4.78, 5) is 25.2. The van der Waals surface area contributed by atoms with Gasteiger partial charge in [-0.05, 0) is 32.2 Å². The first-order valence-electron chi connectivity index (χ1n) is 5.59. The molecule has 0 aromatic heterocycles. The SMILES string of the molecule is O=C1NC2(CC2)C(=O)N1C1CCCNC1. The minimum Gasteiger partial charge on any atom is -0.323 e. The summed E-state index contributed by atoms with van der Waals surface area (Å²) >= 11 is 0. The fourth-order valence-electron chi connectivity index (χ4n) is 2.49. The lowest BCUT2D eigenvalue weighted by Crippen LogP contribution is -2.49. The fourth-order valence-corrected chi connectivity index (χ4v) is 2.49. The summed E-state index contributed by atoms with van der Waals surface area (Å²) in [5.41, 5.74) is -0.492. The highest BCUT2D eigenvalue weighted by Crippen LogP contribution is 2.41. The van der Waals surface area contributed by atoms with E-state index >= 15 is 0 Å². The Bertz CT molecular complexity index is 319. The molecule has 1 unspecified atom stereocenters. The van der Waals surface area contributed by atoms with Crippen LogP contribution in [0.3, 0.4) is 0 Å². The molecule has 2 aliphatic heterocycles. The predicted octanol–water partition coefficient (Wildman–Crippen LogP) is -0.177. The number of carbonyl (C=O) groups is 2. The molecule has 0 aromatic carbocycles. The summed E-state index contributed by atoms with van der Waals surface area (Å²) in [6.45, 7) is 1.74. The van der Waals surface area contributed by atoms with Gasteiger partial charge in [-0.25, -0.2) is 4.79 Å². The van der Waals surface area contributed by atoms with Gasteiger partial charge in [0.05, 0.1) is 6.04 Å². The standard InChI is InChI=1S/C10H15N3O2/c14-8-10(3-4-10)12-9(15)13(8)7-2-1-5-11-6-7/h7,11H,1-6H2,(H,12,15). The summed E-state index contributed by atoms with van der Waals surface area (Å²) in [5.74, 6) is 0.00111. The van der Waals surface area contributed by atoms with Gasteiger partial charge >= 0.3 is 6.03 Å². The zero-order valence-electron chi connectivity index (χ0n) is 8.58. The monoisotopic (exact) mass is 209 g/mol. The molecule has 2 saturated heterocycles. The molecule has 82 valence electrons. The molecule has 0 radical (unpaired) electrons. The first kappa shape index (κ1) is 9.15. The van der Waals surface area contributed by atoms with E-state index in [9.17, 15) is 9.59 Å². The Hall–Kier alpha value is -1.10. The third-order valence-electron chi connectivity index (χ3n) is 3.58. The van der Waals surface area contributed by atoms with E-state index in [-0.39, 0.29) is 18.0 Å². The maximum atomic E-state index is 12.0. The maximum absolute atomic E-state index is 12.0. The Kier molecular flexibility index (Phi) is 1.80. The first-order chi connectivity index (χ1) is 7.23. The molecular formula is C10H15N3O2. The minimum absolute atomic E-state index is 0.00111. The van der Waals surface area contributed by atoms with Crippen molar-refractivity contribution in [3.05, 3.63) is 0 Å². The van der Waals surface area contributed by atoms with Crippen LogP contribution >= 0.6 is 0 Å². The molecule has 3 amide bonds. The van der Waals surface area contributed by atoms with Crippen molar-refractivity contribution >= 4 is 11.9 Å². The van der Waals surface area contributed by atoms with Crippen molar-refractivity contribution in [2.45, 2.75) is 37.3 Å². The first-order valence-corrected chi connectivity index (χ1v) is 5.59. The van der Waals surface area contributed by atoms with E-state index in [4.69, 9.17) is 0 Å². The van der Waals surface area contributed by atoms with Gasteiger partial charge in [0, 0.05) is 6.54 Å². The van der Waals surface area contributed by atoms with Gasteiger partial charge < -0.3 is 10.6 Å². The van der Waals surface area contributed by atoms with Crippen molar-refractivity contribution in [3.8, 4) is 0 Å². The topological polar surface area (TPSA) is 61.4 Å². The number of nitrogens with zero attached hydrogens (tertiary/aromatic N) is 1. The van der Waals surface area contributed by atoms with E-state index in [1.54, 1.807) is 0 Å². The van der Waals surface area contributed by atoms with Crippen molar-refractivity contribution in [1.82, 2.24) is 15.5 Å². The van der Waals surface area contributed by atoms with Crippen LogP contribution in [-0.4, -0.2) is 41.5 Å². The lowest BCUT2D eigenvalue weighted by Gasteiger charge is -2.29. The molecule has 1 spiro atoms. The van der Waals surface area contributed by atoms with E-state index in [0.717, 1.165) is 38.8 Å². The van der Waals surface area contributed by atoms with Crippen LogP contribution in [0.25, 0.3) is 0 Å². The normalized spacial score (nSPS) is 33.3. The van der Waals surface area contributed by atoms with Crippen LogP contribution in [0.2, 0.25) is 0 Å². The van der Waals surface area contributed by atoms with Crippen molar-refractivity contribution < 1.29 is 9.59 Å². The van der Waals surface area contributed by atoms with Gasteiger partial charge in [-0.3, -0.25) is 9.69 Å². The second-order valence-corrected chi connectivity index (χ2v) is 4.69. The number of hydrogen-bond acceptors (Lipinski definition) is 3. The highest BCUT2D eigenvalue weighted by Gasteiger charge is 2.60. The van der Waals surface area contributed by atoms with Gasteiger partial charge in [0.1, 0.15) is 5.54 Å². The van der Waals surface area contributed by atoms with Crippen LogP contribution in [0.4, 0.5) is 4.79 Å². The maximum Gasteiger partial charge on any atom is 0.325 e. The summed E-state index contributed by atoms with van der Waals surface area (Å²) in [6, 6.07) is -0.127. The molecule has 3 aliphatic rings. The van der Waals surface area contributed by atoms with Crippen LogP contribution in [0.15, 0.2) is 0 Å². The van der Waals surface area contributed by atoms with E-state index in [2.05, 4.69) is 10.6 Å². The number of amides is 3. The molecule has 0 bridgehead atoms. The molecule has 1 saturated carbocycles. The van der Waals surface area contributed by atoms with Gasteiger partial charge in [0.25, 0.3) is 5.91 Å². The Balaban J connectivity index is 1.79.